The van der Waals surface area contributed by atoms with Gasteiger partial charge in [-0.15, -0.1) is 0 Å². The van der Waals surface area contributed by atoms with E-state index >= 15 is 0 Å². The molecule has 0 aliphatic heterocycles. The highest BCUT2D eigenvalue weighted by molar-refractivity contribution is 7.92. The third kappa shape index (κ3) is 5.07. The largest absolute Gasteiger partial charge is 0.343 e. The van der Waals surface area contributed by atoms with Gasteiger partial charge in [-0.1, -0.05) is 78.4 Å². The van der Waals surface area contributed by atoms with Gasteiger partial charge in [-0.05, 0) is 37.1 Å². The minimum atomic E-state index is -3.66. The topological polar surface area (TPSA) is 66.5 Å². The molecular formula is C24H26N2O3S. The predicted octanol–water partition coefficient (Wildman–Crippen LogP) is 4.06. The van der Waals surface area contributed by atoms with Gasteiger partial charge >= 0.3 is 0 Å². The van der Waals surface area contributed by atoms with E-state index in [0.717, 1.165) is 27.3 Å². The lowest BCUT2D eigenvalue weighted by molar-refractivity contribution is -0.122. The van der Waals surface area contributed by atoms with E-state index < -0.39 is 16.1 Å². The van der Waals surface area contributed by atoms with Crippen molar-refractivity contribution in [3.05, 3.63) is 102 Å². The smallest absolute Gasteiger partial charge is 0.244 e. The Labute approximate surface area is 178 Å². The van der Waals surface area contributed by atoms with Crippen LogP contribution < -0.4 is 9.62 Å². The monoisotopic (exact) mass is 422 g/mol. The third-order valence-electron chi connectivity index (χ3n) is 4.93. The van der Waals surface area contributed by atoms with Crippen LogP contribution in [-0.4, -0.2) is 26.6 Å². The molecule has 0 radical (unpaired) electrons. The van der Waals surface area contributed by atoms with Gasteiger partial charge in [0.15, 0.2) is 0 Å². The molecule has 3 rings (SSSR count). The zero-order valence-corrected chi connectivity index (χ0v) is 18.1. The van der Waals surface area contributed by atoms with Gasteiger partial charge < -0.3 is 5.32 Å². The summed E-state index contributed by atoms with van der Waals surface area (Å²) in [6, 6.07) is 24.9. The van der Waals surface area contributed by atoms with Crippen LogP contribution in [0.3, 0.4) is 0 Å². The normalized spacial score (nSPS) is 13.3. The van der Waals surface area contributed by atoms with E-state index in [2.05, 4.69) is 5.32 Å². The highest BCUT2D eigenvalue weighted by atomic mass is 32.2. The molecule has 3 aromatic carbocycles. The number of anilines is 1. The van der Waals surface area contributed by atoms with Gasteiger partial charge in [0.2, 0.25) is 15.9 Å². The van der Waals surface area contributed by atoms with Crippen LogP contribution in [0.15, 0.2) is 84.9 Å². The fraction of sp³-hybridized carbons (Fsp3) is 0.208. The maximum atomic E-state index is 13.2. The van der Waals surface area contributed by atoms with Crippen molar-refractivity contribution in [2.24, 2.45) is 0 Å². The van der Waals surface area contributed by atoms with Crippen LogP contribution >= 0.6 is 0 Å². The summed E-state index contributed by atoms with van der Waals surface area (Å²) in [5.41, 5.74) is 3.43. The molecule has 5 nitrogen and oxygen atoms in total. The van der Waals surface area contributed by atoms with Gasteiger partial charge in [0.1, 0.15) is 6.04 Å². The van der Waals surface area contributed by atoms with Crippen LogP contribution in [0.2, 0.25) is 0 Å². The summed E-state index contributed by atoms with van der Waals surface area (Å²) in [5.74, 6) is -0.376. The molecule has 0 aliphatic carbocycles. The minimum Gasteiger partial charge on any atom is -0.343 e. The molecule has 0 bridgehead atoms. The summed E-state index contributed by atoms with van der Waals surface area (Å²) in [7, 11) is -3.66. The zero-order valence-electron chi connectivity index (χ0n) is 17.3. The van der Waals surface area contributed by atoms with E-state index in [1.807, 2.05) is 61.5 Å². The van der Waals surface area contributed by atoms with Crippen molar-refractivity contribution in [2.45, 2.75) is 25.9 Å². The highest BCUT2D eigenvalue weighted by Crippen LogP contribution is 2.25. The predicted molar refractivity (Wildman–Crippen MR) is 121 cm³/mol. The van der Waals surface area contributed by atoms with Crippen LogP contribution in [0.4, 0.5) is 5.69 Å². The number of nitrogens with one attached hydrogen (secondary N) is 1. The summed E-state index contributed by atoms with van der Waals surface area (Å²) >= 11 is 0. The average molecular weight is 423 g/mol. The van der Waals surface area contributed by atoms with Crippen molar-refractivity contribution in [2.75, 3.05) is 10.6 Å². The molecule has 0 heterocycles. The molecule has 1 N–H and O–H groups in total. The Morgan fingerprint density at radius 2 is 1.33 bits per heavy atom. The Balaban J connectivity index is 1.93. The number of hydrogen-bond acceptors (Lipinski definition) is 3. The molecule has 0 aromatic heterocycles. The fourth-order valence-corrected chi connectivity index (χ4v) is 4.58. The Morgan fingerprint density at radius 1 is 0.833 bits per heavy atom. The Kier molecular flexibility index (Phi) is 6.57. The van der Waals surface area contributed by atoms with Gasteiger partial charge in [0, 0.05) is 0 Å². The van der Waals surface area contributed by atoms with Gasteiger partial charge in [-0.3, -0.25) is 9.10 Å². The second-order valence-corrected chi connectivity index (χ2v) is 9.19. The van der Waals surface area contributed by atoms with Crippen molar-refractivity contribution in [3.63, 3.8) is 0 Å². The number of benzene rings is 3. The molecule has 3 aromatic rings. The van der Waals surface area contributed by atoms with E-state index in [4.69, 9.17) is 0 Å². The van der Waals surface area contributed by atoms with E-state index in [1.165, 1.54) is 0 Å². The average Bonchev–Trinajstić information content (AvgIpc) is 2.73. The number of hydrogen-bond donors (Lipinski definition) is 1. The summed E-state index contributed by atoms with van der Waals surface area (Å²) in [6.07, 6.45) is 1.11. The number of rotatable bonds is 7. The number of nitrogens with zero attached hydrogens (tertiary/aromatic N) is 1. The Bertz CT molecular complexity index is 1080. The first-order valence-corrected chi connectivity index (χ1v) is 11.6. The summed E-state index contributed by atoms with van der Waals surface area (Å²) in [5, 5.41) is 3.05. The lowest BCUT2D eigenvalue weighted by atomic mass is 9.97. The van der Waals surface area contributed by atoms with Gasteiger partial charge in [-0.25, -0.2) is 8.42 Å². The minimum absolute atomic E-state index is 0.376. The lowest BCUT2D eigenvalue weighted by Gasteiger charge is -2.30. The van der Waals surface area contributed by atoms with Gasteiger partial charge in [0.25, 0.3) is 0 Å². The summed E-state index contributed by atoms with van der Waals surface area (Å²) < 4.78 is 26.1. The second kappa shape index (κ2) is 9.13. The van der Waals surface area contributed by atoms with Crippen molar-refractivity contribution in [1.29, 1.82) is 0 Å². The van der Waals surface area contributed by atoms with Gasteiger partial charge in [-0.2, -0.15) is 0 Å². The number of sulfonamides is 1. The molecule has 0 spiro atoms. The van der Waals surface area contributed by atoms with Crippen molar-refractivity contribution in [3.8, 4) is 0 Å². The van der Waals surface area contributed by atoms with Crippen molar-refractivity contribution >= 4 is 21.6 Å². The van der Waals surface area contributed by atoms with Crippen LogP contribution in [-0.2, 0) is 14.8 Å². The van der Waals surface area contributed by atoms with Crippen LogP contribution in [0.25, 0.3) is 0 Å². The number of carbonyl (C=O) groups is 1. The number of aryl methyl sites for hydroxylation is 1. The molecule has 0 saturated carbocycles. The van der Waals surface area contributed by atoms with Crippen LogP contribution in [0, 0.1) is 6.92 Å². The van der Waals surface area contributed by atoms with Crippen molar-refractivity contribution in [1.82, 2.24) is 5.32 Å². The molecule has 0 saturated heterocycles. The van der Waals surface area contributed by atoms with E-state index in [-0.39, 0.29) is 11.9 Å². The maximum absolute atomic E-state index is 13.2. The molecule has 0 fully saturated rings. The first kappa shape index (κ1) is 21.6. The highest BCUT2D eigenvalue weighted by Gasteiger charge is 2.30. The molecule has 0 unspecified atom stereocenters. The number of amides is 1. The third-order valence-corrected chi connectivity index (χ3v) is 6.17. The Hall–Kier alpha value is -3.12. The first-order valence-electron chi connectivity index (χ1n) is 9.73. The maximum Gasteiger partial charge on any atom is 0.244 e. The van der Waals surface area contributed by atoms with Crippen LogP contribution in [0.1, 0.15) is 29.7 Å². The number of para-hydroxylation sites is 1. The molecule has 30 heavy (non-hydrogen) atoms. The summed E-state index contributed by atoms with van der Waals surface area (Å²) in [6.45, 7) is 3.60. The standard InChI is InChI=1S/C24H26N2O3S/c1-18-14-16-21(17-15-18)23(20-10-6-4-7-11-20)25-24(27)19(2)26(30(3,28)29)22-12-8-5-9-13-22/h4-17,19,23H,1-3H3,(H,25,27)/t19-,23+/m0/s1. The lowest BCUT2D eigenvalue weighted by Crippen LogP contribution is -2.48. The summed E-state index contributed by atoms with van der Waals surface area (Å²) in [4.78, 5) is 13.2. The molecule has 1 amide bonds. The first-order chi connectivity index (χ1) is 14.3. The molecular weight excluding hydrogens is 396 g/mol. The fourth-order valence-electron chi connectivity index (χ4n) is 3.41. The van der Waals surface area contributed by atoms with Gasteiger partial charge in [0.05, 0.1) is 18.0 Å². The molecule has 156 valence electrons. The van der Waals surface area contributed by atoms with E-state index in [1.54, 1.807) is 37.3 Å². The van der Waals surface area contributed by atoms with E-state index in [0.29, 0.717) is 5.69 Å². The number of carbonyl (C=O) groups excluding carboxylic acids is 1. The Morgan fingerprint density at radius 3 is 1.87 bits per heavy atom. The molecule has 2 atom stereocenters. The van der Waals surface area contributed by atoms with Crippen LogP contribution in [0.5, 0.6) is 0 Å². The SMILES string of the molecule is Cc1ccc([C@H](NC(=O)[C@H](C)N(c2ccccc2)S(C)(=O)=O)c2ccccc2)cc1. The second-order valence-electron chi connectivity index (χ2n) is 7.33. The van der Waals surface area contributed by atoms with E-state index in [9.17, 15) is 13.2 Å². The quantitative estimate of drug-likeness (QED) is 0.625. The zero-order chi connectivity index (χ0) is 21.7. The molecule has 6 heteroatoms. The van der Waals surface area contributed by atoms with Crippen molar-refractivity contribution < 1.29 is 13.2 Å². The molecule has 0 aliphatic rings.